The van der Waals surface area contributed by atoms with E-state index in [-0.39, 0.29) is 36.1 Å². The van der Waals surface area contributed by atoms with Crippen molar-refractivity contribution in [2.75, 3.05) is 32.8 Å². The van der Waals surface area contributed by atoms with Crippen molar-refractivity contribution in [3.63, 3.8) is 0 Å². The van der Waals surface area contributed by atoms with Crippen molar-refractivity contribution < 1.29 is 19.4 Å². The molecule has 3 aliphatic rings. The lowest BCUT2D eigenvalue weighted by molar-refractivity contribution is -0.145. The fourth-order valence-electron chi connectivity index (χ4n) is 6.59. The van der Waals surface area contributed by atoms with E-state index in [2.05, 4.69) is 20.4 Å². The number of benzene rings is 2. The Morgan fingerprint density at radius 1 is 1.08 bits per heavy atom. The Bertz CT molecular complexity index is 1570. The Hall–Kier alpha value is -4.05. The van der Waals surface area contributed by atoms with Crippen LogP contribution in [0.3, 0.4) is 0 Å². The number of H-pyrrole nitrogens is 1. The van der Waals surface area contributed by atoms with Gasteiger partial charge in [0.25, 0.3) is 11.8 Å². The first-order valence-corrected chi connectivity index (χ1v) is 12.6. The van der Waals surface area contributed by atoms with Gasteiger partial charge >= 0.3 is 0 Å². The van der Waals surface area contributed by atoms with Gasteiger partial charge in [-0.3, -0.25) is 14.7 Å². The highest BCUT2D eigenvalue weighted by molar-refractivity contribution is 5.99. The normalized spacial score (nSPS) is 26.3. The van der Waals surface area contributed by atoms with Gasteiger partial charge in [-0.05, 0) is 48.6 Å². The molecule has 7 rings (SSSR count). The lowest BCUT2D eigenvalue weighted by atomic mass is 9.56. The second-order valence-corrected chi connectivity index (χ2v) is 10.3. The van der Waals surface area contributed by atoms with Gasteiger partial charge in [0.15, 0.2) is 0 Å². The summed E-state index contributed by atoms with van der Waals surface area (Å²) in [5.74, 6) is 0.201. The quantitative estimate of drug-likeness (QED) is 0.442. The summed E-state index contributed by atoms with van der Waals surface area (Å²) in [6, 6.07) is 14.8. The van der Waals surface area contributed by atoms with E-state index in [1.54, 1.807) is 29.2 Å². The van der Waals surface area contributed by atoms with Crippen LogP contribution in [0.1, 0.15) is 27.8 Å². The third-order valence-corrected chi connectivity index (χ3v) is 8.38. The van der Waals surface area contributed by atoms with Crippen molar-refractivity contribution in [1.82, 2.24) is 30.2 Å². The van der Waals surface area contributed by atoms with E-state index >= 15 is 0 Å². The van der Waals surface area contributed by atoms with Crippen LogP contribution >= 0.6 is 0 Å². The van der Waals surface area contributed by atoms with Crippen LogP contribution in [0.15, 0.2) is 48.5 Å². The van der Waals surface area contributed by atoms with Crippen molar-refractivity contribution in [3.8, 4) is 5.88 Å². The molecule has 37 heavy (non-hydrogen) atoms. The van der Waals surface area contributed by atoms with Crippen LogP contribution in [0.5, 0.6) is 5.88 Å². The van der Waals surface area contributed by atoms with Crippen LogP contribution in [-0.2, 0) is 0 Å². The molecule has 10 heteroatoms. The lowest BCUT2D eigenvalue weighted by Crippen LogP contribution is -2.61. The SMILES string of the molecule is CCOc1nc(C(=O)N2CC3[C@H]4CN(C(=O)c5ccc6[nH]nnc6c5)C[C@H]4C3(O)C2)cc2ccccc12. The van der Waals surface area contributed by atoms with Gasteiger partial charge in [0.05, 0.1) is 24.3 Å². The van der Waals surface area contributed by atoms with Crippen LogP contribution in [0.4, 0.5) is 0 Å². The van der Waals surface area contributed by atoms with Crippen LogP contribution < -0.4 is 4.74 Å². The Morgan fingerprint density at radius 3 is 2.73 bits per heavy atom. The summed E-state index contributed by atoms with van der Waals surface area (Å²) >= 11 is 0. The highest BCUT2D eigenvalue weighted by atomic mass is 16.5. The second kappa shape index (κ2) is 7.97. The highest BCUT2D eigenvalue weighted by Gasteiger charge is 2.68. The third-order valence-electron chi connectivity index (χ3n) is 8.38. The number of hydrogen-bond donors (Lipinski definition) is 2. The van der Waals surface area contributed by atoms with Crippen LogP contribution in [0, 0.1) is 17.8 Å². The zero-order valence-electron chi connectivity index (χ0n) is 20.3. The molecule has 188 valence electrons. The number of nitrogens with zero attached hydrogens (tertiary/aromatic N) is 5. The first kappa shape index (κ1) is 22.2. The summed E-state index contributed by atoms with van der Waals surface area (Å²) in [6.45, 7) is 4.06. The number of ether oxygens (including phenoxy) is 1. The number of pyridine rings is 1. The number of nitrogens with one attached hydrogen (secondary N) is 1. The fraction of sp³-hybridized carbons (Fsp3) is 0.370. The number of aliphatic hydroxyl groups is 1. The smallest absolute Gasteiger partial charge is 0.272 e. The average Bonchev–Trinajstić information content (AvgIpc) is 3.62. The maximum absolute atomic E-state index is 13.5. The summed E-state index contributed by atoms with van der Waals surface area (Å²) in [7, 11) is 0. The molecule has 3 fully saturated rings. The van der Waals surface area contributed by atoms with Crippen LogP contribution in [-0.4, -0.2) is 85.5 Å². The Balaban J connectivity index is 1.09. The van der Waals surface area contributed by atoms with E-state index in [0.717, 1.165) is 16.3 Å². The van der Waals surface area contributed by atoms with E-state index in [0.29, 0.717) is 48.9 Å². The number of hydrogen-bond acceptors (Lipinski definition) is 7. The molecule has 4 aromatic rings. The van der Waals surface area contributed by atoms with E-state index in [9.17, 15) is 14.7 Å². The fourth-order valence-corrected chi connectivity index (χ4v) is 6.59. The van der Waals surface area contributed by atoms with Crippen LogP contribution in [0.2, 0.25) is 0 Å². The molecule has 0 spiro atoms. The van der Waals surface area contributed by atoms with Crippen LogP contribution in [0.25, 0.3) is 21.8 Å². The van der Waals surface area contributed by atoms with Gasteiger partial charge < -0.3 is 19.6 Å². The molecular formula is C27H26N6O4. The number of fused-ring (bicyclic) bond motifs is 6. The third kappa shape index (κ3) is 3.25. The van der Waals surface area contributed by atoms with Gasteiger partial charge in [0, 0.05) is 42.4 Å². The zero-order valence-corrected chi connectivity index (χ0v) is 20.3. The number of β-amino-alcohol motifs (C(OH)–C–C–N with tert-alkyl or cyclic N) is 1. The van der Waals surface area contributed by atoms with Gasteiger partial charge in [-0.2, -0.15) is 0 Å². The molecule has 10 nitrogen and oxygen atoms in total. The molecule has 2 N–H and O–H groups in total. The predicted molar refractivity (Wildman–Crippen MR) is 134 cm³/mol. The average molecular weight is 499 g/mol. The number of carbonyl (C=O) groups is 2. The molecule has 1 saturated carbocycles. The van der Waals surface area contributed by atoms with Gasteiger partial charge in [0.2, 0.25) is 5.88 Å². The molecule has 2 saturated heterocycles. The summed E-state index contributed by atoms with van der Waals surface area (Å²) in [6.07, 6.45) is 0. The second-order valence-electron chi connectivity index (χ2n) is 10.3. The highest BCUT2D eigenvalue weighted by Crippen LogP contribution is 2.57. The standard InChI is InChI=1S/C27H26N6O4/c1-2-37-24-17-6-4-3-5-15(17)9-23(28-24)26(35)33-13-20-18-11-32(12-19(18)27(20,36)14-33)25(34)16-7-8-21-22(10-16)30-31-29-21/h3-10,18-20,36H,2,11-14H2,1H3,(H,29,30,31)/t18-,19+,20?,27?/m0/s1. The summed E-state index contributed by atoms with van der Waals surface area (Å²) in [4.78, 5) is 34.7. The van der Waals surface area contributed by atoms with E-state index in [1.807, 2.05) is 36.1 Å². The zero-order chi connectivity index (χ0) is 25.3. The van der Waals surface area contributed by atoms with E-state index in [4.69, 9.17) is 4.74 Å². The maximum atomic E-state index is 13.5. The van der Waals surface area contributed by atoms with Crippen molar-refractivity contribution >= 4 is 33.6 Å². The molecule has 0 radical (unpaired) electrons. The molecule has 2 aliphatic heterocycles. The monoisotopic (exact) mass is 498 g/mol. The molecule has 4 atom stereocenters. The summed E-state index contributed by atoms with van der Waals surface area (Å²) in [5.41, 5.74) is 1.31. The molecule has 0 bridgehead atoms. The number of amides is 2. The number of aromatic amines is 1. The topological polar surface area (TPSA) is 125 Å². The molecule has 1 aliphatic carbocycles. The molecule has 4 heterocycles. The molecular weight excluding hydrogens is 472 g/mol. The van der Waals surface area contributed by atoms with Gasteiger partial charge in [0.1, 0.15) is 11.2 Å². The molecule has 2 aromatic carbocycles. The number of likely N-dealkylation sites (tertiary alicyclic amines) is 2. The van der Waals surface area contributed by atoms with Crippen molar-refractivity contribution in [1.29, 1.82) is 0 Å². The molecule has 2 aromatic heterocycles. The number of rotatable bonds is 4. The van der Waals surface area contributed by atoms with Gasteiger partial charge in [-0.25, -0.2) is 4.98 Å². The minimum Gasteiger partial charge on any atom is -0.478 e. The first-order valence-electron chi connectivity index (χ1n) is 12.6. The minimum absolute atomic E-state index is 0.0569. The summed E-state index contributed by atoms with van der Waals surface area (Å²) in [5, 5.41) is 23.9. The molecule has 2 unspecified atom stereocenters. The van der Waals surface area contributed by atoms with E-state index in [1.165, 1.54) is 0 Å². The lowest BCUT2D eigenvalue weighted by Gasteiger charge is -2.50. The predicted octanol–water partition coefficient (Wildman–Crippen LogP) is 2.11. The Kier molecular flexibility index (Phi) is 4.78. The molecule has 2 amide bonds. The Labute approximate surface area is 212 Å². The van der Waals surface area contributed by atoms with Gasteiger partial charge in [-0.1, -0.05) is 23.4 Å². The number of carbonyl (C=O) groups excluding carboxylic acids is 2. The van der Waals surface area contributed by atoms with Crippen molar-refractivity contribution in [2.24, 2.45) is 17.8 Å². The van der Waals surface area contributed by atoms with Crippen molar-refractivity contribution in [2.45, 2.75) is 12.5 Å². The maximum Gasteiger partial charge on any atom is 0.272 e. The van der Waals surface area contributed by atoms with Gasteiger partial charge in [-0.15, -0.1) is 5.10 Å². The largest absolute Gasteiger partial charge is 0.478 e. The van der Waals surface area contributed by atoms with Crippen molar-refractivity contribution in [3.05, 3.63) is 59.8 Å². The minimum atomic E-state index is -0.995. The number of aromatic nitrogens is 4. The summed E-state index contributed by atoms with van der Waals surface area (Å²) < 4.78 is 5.72. The van der Waals surface area contributed by atoms with E-state index < -0.39 is 5.60 Å². The first-order chi connectivity index (χ1) is 18.0. The Morgan fingerprint density at radius 2 is 1.89 bits per heavy atom.